The molecule has 0 amide bonds. The van der Waals surface area contributed by atoms with Crippen LogP contribution in [0.1, 0.15) is 213 Å². The van der Waals surface area contributed by atoms with Gasteiger partial charge in [-0.2, -0.15) is 0 Å². The van der Waals surface area contributed by atoms with Crippen LogP contribution < -0.4 is 0 Å². The van der Waals surface area contributed by atoms with Crippen LogP contribution in [0.3, 0.4) is 0 Å². The Morgan fingerprint density at radius 1 is 0.491 bits per heavy atom. The average molecular weight is 787 g/mol. The fourth-order valence-electron chi connectivity index (χ4n) is 7.12. The van der Waals surface area contributed by atoms with E-state index in [-0.39, 0.29) is 26.1 Å². The van der Waals surface area contributed by atoms with E-state index in [1.807, 2.05) is 0 Å². The molecule has 0 saturated carbocycles. The molecule has 0 spiro atoms. The molecule has 6 unspecified atom stereocenters. The van der Waals surface area contributed by atoms with E-state index in [2.05, 4.69) is 13.8 Å². The van der Waals surface area contributed by atoms with E-state index in [1.165, 1.54) is 135 Å². The number of aliphatic hydroxyl groups is 3. The molecule has 324 valence electrons. The van der Waals surface area contributed by atoms with Crippen LogP contribution in [0.15, 0.2) is 0 Å². The summed E-state index contributed by atoms with van der Waals surface area (Å²) in [5.41, 5.74) is 0. The molecule has 1 fully saturated rings. The number of esters is 2. The van der Waals surface area contributed by atoms with Gasteiger partial charge in [0.05, 0.1) is 6.61 Å². The molecule has 6 atom stereocenters. The fourth-order valence-corrected chi connectivity index (χ4v) is 7.12. The van der Waals surface area contributed by atoms with Crippen molar-refractivity contribution in [2.75, 3.05) is 13.2 Å². The Balaban J connectivity index is 2.27. The molecular weight excluding hydrogens is 704 g/mol. The molecule has 4 N–H and O–H groups in total. The number of carboxylic acid groups (broad SMARTS) is 1. The molecule has 0 aromatic carbocycles. The average Bonchev–Trinajstić information content (AvgIpc) is 3.17. The van der Waals surface area contributed by atoms with Crippen LogP contribution in [-0.4, -0.2) is 88.4 Å². The molecule has 0 aliphatic carbocycles. The molecule has 1 rings (SSSR count). The van der Waals surface area contributed by atoms with Gasteiger partial charge in [0.15, 0.2) is 18.5 Å². The van der Waals surface area contributed by atoms with Gasteiger partial charge in [0.2, 0.25) is 0 Å². The molecule has 0 aromatic rings. The molecule has 0 aromatic heterocycles. The second-order valence-electron chi connectivity index (χ2n) is 15.9. The maximum absolute atomic E-state index is 12.7. The quantitative estimate of drug-likeness (QED) is 0.0347. The smallest absolute Gasteiger partial charge is 0.335 e. The summed E-state index contributed by atoms with van der Waals surface area (Å²) in [7, 11) is 0. The zero-order chi connectivity index (χ0) is 40.4. The Labute approximate surface area is 334 Å². The lowest BCUT2D eigenvalue weighted by Crippen LogP contribution is -2.60. The van der Waals surface area contributed by atoms with Crippen molar-refractivity contribution in [1.82, 2.24) is 0 Å². The number of aliphatic carboxylic acids is 1. The summed E-state index contributed by atoms with van der Waals surface area (Å²) in [5.74, 6) is -2.43. The van der Waals surface area contributed by atoms with Crippen LogP contribution in [0.25, 0.3) is 0 Å². The Morgan fingerprint density at radius 3 is 1.24 bits per heavy atom. The topological polar surface area (TPSA) is 169 Å². The summed E-state index contributed by atoms with van der Waals surface area (Å²) in [5, 5.41) is 39.7. The predicted molar refractivity (Wildman–Crippen MR) is 216 cm³/mol. The number of carbonyl (C=O) groups is 3. The number of carbonyl (C=O) groups excluding carboxylic acids is 2. The number of hydrogen-bond acceptors (Lipinski definition) is 10. The van der Waals surface area contributed by atoms with Crippen molar-refractivity contribution < 1.29 is 53.8 Å². The van der Waals surface area contributed by atoms with E-state index in [0.29, 0.717) is 12.8 Å². The van der Waals surface area contributed by atoms with Crippen molar-refractivity contribution in [2.45, 2.75) is 250 Å². The van der Waals surface area contributed by atoms with Gasteiger partial charge in [-0.15, -0.1) is 0 Å². The standard InChI is InChI=1S/C44H82O11/c1-3-5-7-9-11-13-14-15-16-17-18-19-20-21-22-23-25-26-28-30-32-37(45)52-34-36(54-38(46)33-31-29-27-24-12-10-8-6-4-2)35-53-44-41(49)39(47)40(48)42(55-44)43(50)51/h36,39-42,44,47-49H,3-35H2,1-2H3,(H,50,51). The first kappa shape index (κ1) is 51.2. The van der Waals surface area contributed by atoms with Crippen molar-refractivity contribution in [1.29, 1.82) is 0 Å². The third kappa shape index (κ3) is 27.5. The van der Waals surface area contributed by atoms with Gasteiger partial charge < -0.3 is 39.4 Å². The first-order valence-electron chi connectivity index (χ1n) is 22.6. The third-order valence-electron chi connectivity index (χ3n) is 10.7. The highest BCUT2D eigenvalue weighted by Crippen LogP contribution is 2.23. The molecule has 0 bridgehead atoms. The van der Waals surface area contributed by atoms with Crippen molar-refractivity contribution in [3.05, 3.63) is 0 Å². The lowest BCUT2D eigenvalue weighted by atomic mass is 9.99. The number of unbranched alkanes of at least 4 members (excludes halogenated alkanes) is 27. The molecule has 1 aliphatic rings. The van der Waals surface area contributed by atoms with Crippen molar-refractivity contribution >= 4 is 17.9 Å². The molecule has 1 saturated heterocycles. The zero-order valence-electron chi connectivity index (χ0n) is 34.9. The lowest BCUT2D eigenvalue weighted by molar-refractivity contribution is -0.298. The summed E-state index contributed by atoms with van der Waals surface area (Å²) in [6.07, 6.45) is 26.1. The van der Waals surface area contributed by atoms with E-state index in [1.54, 1.807) is 0 Å². The molecule has 1 heterocycles. The first-order valence-corrected chi connectivity index (χ1v) is 22.6. The largest absolute Gasteiger partial charge is 0.479 e. The number of hydrogen-bond donors (Lipinski definition) is 4. The Kier molecular flexibility index (Phi) is 33.0. The maximum atomic E-state index is 12.7. The second-order valence-corrected chi connectivity index (χ2v) is 15.9. The first-order chi connectivity index (χ1) is 26.7. The van der Waals surface area contributed by atoms with Crippen molar-refractivity contribution in [2.24, 2.45) is 0 Å². The van der Waals surface area contributed by atoms with E-state index < -0.39 is 54.7 Å². The van der Waals surface area contributed by atoms with Gasteiger partial charge in [-0.25, -0.2) is 4.79 Å². The Hall–Kier alpha value is -1.79. The predicted octanol–water partition coefficient (Wildman–Crippen LogP) is 9.48. The van der Waals surface area contributed by atoms with E-state index in [4.69, 9.17) is 18.9 Å². The van der Waals surface area contributed by atoms with E-state index in [0.717, 1.165) is 38.5 Å². The monoisotopic (exact) mass is 787 g/mol. The maximum Gasteiger partial charge on any atom is 0.335 e. The minimum Gasteiger partial charge on any atom is -0.479 e. The van der Waals surface area contributed by atoms with Crippen LogP contribution in [-0.2, 0) is 33.3 Å². The van der Waals surface area contributed by atoms with E-state index >= 15 is 0 Å². The van der Waals surface area contributed by atoms with Crippen LogP contribution in [0.2, 0.25) is 0 Å². The minimum atomic E-state index is -1.85. The summed E-state index contributed by atoms with van der Waals surface area (Å²) in [6, 6.07) is 0. The van der Waals surface area contributed by atoms with Crippen LogP contribution in [0, 0.1) is 0 Å². The highest BCUT2D eigenvalue weighted by atomic mass is 16.7. The van der Waals surface area contributed by atoms with Gasteiger partial charge in [0.25, 0.3) is 0 Å². The normalized spacial score (nSPS) is 20.3. The highest BCUT2D eigenvalue weighted by Gasteiger charge is 2.47. The van der Waals surface area contributed by atoms with Crippen LogP contribution in [0.5, 0.6) is 0 Å². The number of carboxylic acids is 1. The van der Waals surface area contributed by atoms with Gasteiger partial charge in [-0.1, -0.05) is 187 Å². The van der Waals surface area contributed by atoms with Crippen LogP contribution >= 0.6 is 0 Å². The number of ether oxygens (including phenoxy) is 4. The van der Waals surface area contributed by atoms with Gasteiger partial charge in [0, 0.05) is 12.8 Å². The molecule has 11 nitrogen and oxygen atoms in total. The number of aliphatic hydroxyl groups excluding tert-OH is 3. The van der Waals surface area contributed by atoms with Gasteiger partial charge >= 0.3 is 17.9 Å². The van der Waals surface area contributed by atoms with Crippen molar-refractivity contribution in [3.8, 4) is 0 Å². The van der Waals surface area contributed by atoms with Gasteiger partial charge in [0.1, 0.15) is 24.9 Å². The summed E-state index contributed by atoms with van der Waals surface area (Å²) in [4.78, 5) is 36.7. The van der Waals surface area contributed by atoms with Gasteiger partial charge in [-0.05, 0) is 12.8 Å². The summed E-state index contributed by atoms with van der Waals surface area (Å²) in [6.45, 7) is 3.80. The highest BCUT2D eigenvalue weighted by molar-refractivity contribution is 5.73. The van der Waals surface area contributed by atoms with Gasteiger partial charge in [-0.3, -0.25) is 9.59 Å². The molecule has 0 radical (unpaired) electrons. The lowest BCUT2D eigenvalue weighted by Gasteiger charge is -2.38. The third-order valence-corrected chi connectivity index (χ3v) is 10.7. The zero-order valence-corrected chi connectivity index (χ0v) is 34.9. The molecular formula is C44H82O11. The second kappa shape index (κ2) is 35.4. The molecule has 55 heavy (non-hydrogen) atoms. The molecule has 1 aliphatic heterocycles. The minimum absolute atomic E-state index is 0.189. The summed E-state index contributed by atoms with van der Waals surface area (Å²) < 4.78 is 21.7. The molecule has 11 heteroatoms. The fraction of sp³-hybridized carbons (Fsp3) is 0.932. The van der Waals surface area contributed by atoms with E-state index in [9.17, 15) is 34.8 Å². The Bertz CT molecular complexity index is 931. The number of rotatable bonds is 38. The summed E-state index contributed by atoms with van der Waals surface area (Å²) >= 11 is 0. The van der Waals surface area contributed by atoms with Crippen LogP contribution in [0.4, 0.5) is 0 Å². The SMILES string of the molecule is CCCCCCCCCCCCCCCCCCCCCCC(=O)OCC(COC1OC(C(=O)O)C(O)C(O)C1O)OC(=O)CCCCCCCCCCC. The Morgan fingerprint density at radius 2 is 0.855 bits per heavy atom. The van der Waals surface area contributed by atoms with Crippen molar-refractivity contribution in [3.63, 3.8) is 0 Å².